The number of anilines is 1. The van der Waals surface area contributed by atoms with E-state index in [1.54, 1.807) is 11.3 Å². The largest absolute Gasteiger partial charge is 0.338 e. The lowest BCUT2D eigenvalue weighted by Gasteiger charge is -2.33. The van der Waals surface area contributed by atoms with E-state index in [-0.39, 0.29) is 6.03 Å². The van der Waals surface area contributed by atoms with Gasteiger partial charge >= 0.3 is 6.03 Å². The normalized spacial score (nSPS) is 15.1. The second kappa shape index (κ2) is 7.89. The van der Waals surface area contributed by atoms with Gasteiger partial charge in [-0.15, -0.1) is 0 Å². The number of hydrogen-bond acceptors (Lipinski definition) is 6. The second-order valence-electron chi connectivity index (χ2n) is 6.59. The highest BCUT2D eigenvalue weighted by Gasteiger charge is 2.22. The summed E-state index contributed by atoms with van der Waals surface area (Å²) < 4.78 is 5.36. The molecular weight excluding hydrogens is 362 g/mol. The highest BCUT2D eigenvalue weighted by molar-refractivity contribution is 7.08. The average Bonchev–Trinajstić information content (AvgIpc) is 3.34. The Morgan fingerprint density at radius 1 is 1.26 bits per heavy atom. The number of benzene rings is 1. The minimum absolute atomic E-state index is 0.0576. The summed E-state index contributed by atoms with van der Waals surface area (Å²) in [5.41, 5.74) is 2.93. The highest BCUT2D eigenvalue weighted by Crippen LogP contribution is 2.19. The van der Waals surface area contributed by atoms with Crippen molar-refractivity contribution >= 4 is 23.1 Å². The molecule has 27 heavy (non-hydrogen) atoms. The van der Waals surface area contributed by atoms with Gasteiger partial charge < -0.3 is 14.7 Å². The third kappa shape index (κ3) is 4.35. The quantitative estimate of drug-likeness (QED) is 0.747. The van der Waals surface area contributed by atoms with Gasteiger partial charge in [-0.05, 0) is 36.1 Å². The molecule has 1 fully saturated rings. The van der Waals surface area contributed by atoms with Crippen LogP contribution in [0, 0.1) is 6.92 Å². The topological polar surface area (TPSA) is 74.5 Å². The zero-order chi connectivity index (χ0) is 18.6. The first-order valence-electron chi connectivity index (χ1n) is 8.87. The number of carbonyl (C=O) groups excluding carboxylic acids is 1. The highest BCUT2D eigenvalue weighted by atomic mass is 32.1. The van der Waals surface area contributed by atoms with Gasteiger partial charge in [-0.25, -0.2) is 4.79 Å². The number of nitrogens with zero attached hydrogens (tertiary/aromatic N) is 4. The van der Waals surface area contributed by atoms with Gasteiger partial charge in [0.1, 0.15) is 0 Å². The maximum absolute atomic E-state index is 12.4. The molecule has 1 N–H and O–H groups in total. The molecule has 1 saturated heterocycles. The fraction of sp³-hybridized carbons (Fsp3) is 0.316. The van der Waals surface area contributed by atoms with Gasteiger partial charge in [0.05, 0.1) is 6.54 Å². The molecule has 0 radical (unpaired) electrons. The number of aromatic nitrogens is 2. The summed E-state index contributed by atoms with van der Waals surface area (Å²) in [6.45, 7) is 5.50. The van der Waals surface area contributed by atoms with E-state index in [1.165, 1.54) is 0 Å². The third-order valence-electron chi connectivity index (χ3n) is 4.54. The van der Waals surface area contributed by atoms with Gasteiger partial charge in [0.15, 0.2) is 0 Å². The summed E-state index contributed by atoms with van der Waals surface area (Å²) in [6, 6.07) is 9.74. The molecule has 1 aliphatic rings. The molecule has 0 unspecified atom stereocenters. The van der Waals surface area contributed by atoms with Crippen molar-refractivity contribution < 1.29 is 9.32 Å². The monoisotopic (exact) mass is 383 g/mol. The van der Waals surface area contributed by atoms with Gasteiger partial charge in [-0.3, -0.25) is 4.90 Å². The molecule has 2 aromatic heterocycles. The summed E-state index contributed by atoms with van der Waals surface area (Å²) in [4.78, 5) is 21.0. The Labute approximate surface area is 161 Å². The molecule has 8 heteroatoms. The standard InChI is InChI=1S/C19H21N5O2S/c1-14-3-2-4-16(11-14)20-19(25)24-8-6-23(7-9-24)12-17-21-18(22-26-17)15-5-10-27-13-15/h2-5,10-11,13H,6-9,12H2,1H3,(H,20,25). The molecule has 1 aromatic carbocycles. The van der Waals surface area contributed by atoms with E-state index in [4.69, 9.17) is 4.52 Å². The van der Waals surface area contributed by atoms with E-state index in [2.05, 4.69) is 20.4 Å². The number of nitrogens with one attached hydrogen (secondary N) is 1. The van der Waals surface area contributed by atoms with Crippen molar-refractivity contribution in [2.24, 2.45) is 0 Å². The summed E-state index contributed by atoms with van der Waals surface area (Å²) >= 11 is 1.61. The van der Waals surface area contributed by atoms with Crippen LogP contribution in [0.25, 0.3) is 11.4 Å². The Hall–Kier alpha value is -2.71. The van der Waals surface area contributed by atoms with Crippen molar-refractivity contribution in [1.82, 2.24) is 19.9 Å². The first-order valence-corrected chi connectivity index (χ1v) is 9.82. The minimum atomic E-state index is -0.0576. The molecular formula is C19H21N5O2S. The van der Waals surface area contributed by atoms with Crippen LogP contribution >= 0.6 is 11.3 Å². The number of amides is 2. The van der Waals surface area contributed by atoms with E-state index in [9.17, 15) is 4.79 Å². The number of rotatable bonds is 4. The number of carbonyl (C=O) groups is 1. The number of aryl methyl sites for hydroxylation is 1. The lowest BCUT2D eigenvalue weighted by Crippen LogP contribution is -2.49. The molecule has 0 atom stereocenters. The predicted octanol–water partition coefficient (Wildman–Crippen LogP) is 3.46. The summed E-state index contributed by atoms with van der Waals surface area (Å²) in [6.07, 6.45) is 0. The molecule has 4 rings (SSSR count). The number of urea groups is 1. The van der Waals surface area contributed by atoms with Crippen LogP contribution in [0.5, 0.6) is 0 Å². The summed E-state index contributed by atoms with van der Waals surface area (Å²) in [5, 5.41) is 11.0. The molecule has 1 aliphatic heterocycles. The molecule has 3 aromatic rings. The molecule has 140 valence electrons. The predicted molar refractivity (Wildman–Crippen MR) is 105 cm³/mol. The van der Waals surface area contributed by atoms with Crippen molar-refractivity contribution in [3.63, 3.8) is 0 Å². The Balaban J connectivity index is 1.28. The minimum Gasteiger partial charge on any atom is -0.338 e. The SMILES string of the molecule is Cc1cccc(NC(=O)N2CCN(Cc3nc(-c4ccsc4)no3)CC2)c1. The second-order valence-corrected chi connectivity index (χ2v) is 7.37. The van der Waals surface area contributed by atoms with Gasteiger partial charge in [0.25, 0.3) is 0 Å². The van der Waals surface area contributed by atoms with Crippen LogP contribution in [0.1, 0.15) is 11.5 Å². The Morgan fingerprint density at radius 3 is 2.85 bits per heavy atom. The summed E-state index contributed by atoms with van der Waals surface area (Å²) in [5.74, 6) is 1.23. The zero-order valence-electron chi connectivity index (χ0n) is 15.1. The van der Waals surface area contributed by atoms with Gasteiger partial charge in [0, 0.05) is 42.8 Å². The van der Waals surface area contributed by atoms with Gasteiger partial charge in [0.2, 0.25) is 11.7 Å². The molecule has 2 amide bonds. The number of hydrogen-bond donors (Lipinski definition) is 1. The van der Waals surface area contributed by atoms with Crippen LogP contribution in [0.2, 0.25) is 0 Å². The van der Waals surface area contributed by atoms with E-state index in [1.807, 2.05) is 52.9 Å². The van der Waals surface area contributed by atoms with E-state index >= 15 is 0 Å². The van der Waals surface area contributed by atoms with Crippen LogP contribution in [0.3, 0.4) is 0 Å². The zero-order valence-corrected chi connectivity index (χ0v) is 15.9. The van der Waals surface area contributed by atoms with Gasteiger partial charge in [-0.2, -0.15) is 16.3 Å². The van der Waals surface area contributed by atoms with Crippen LogP contribution < -0.4 is 5.32 Å². The smallest absolute Gasteiger partial charge is 0.321 e. The third-order valence-corrected chi connectivity index (χ3v) is 5.22. The van der Waals surface area contributed by atoms with Gasteiger partial charge in [-0.1, -0.05) is 17.3 Å². The maximum atomic E-state index is 12.4. The van der Waals surface area contributed by atoms with Crippen molar-refractivity contribution in [3.8, 4) is 11.4 Å². The fourth-order valence-electron chi connectivity index (χ4n) is 3.05. The van der Waals surface area contributed by atoms with E-state index < -0.39 is 0 Å². The Bertz CT molecular complexity index is 900. The van der Waals surface area contributed by atoms with Crippen molar-refractivity contribution in [2.45, 2.75) is 13.5 Å². The number of thiophene rings is 1. The molecule has 0 aliphatic carbocycles. The van der Waals surface area contributed by atoms with Crippen LogP contribution in [-0.2, 0) is 6.54 Å². The van der Waals surface area contributed by atoms with Crippen molar-refractivity contribution in [2.75, 3.05) is 31.5 Å². The fourth-order valence-corrected chi connectivity index (χ4v) is 3.69. The van der Waals surface area contributed by atoms with Crippen LogP contribution in [0.15, 0.2) is 45.6 Å². The first kappa shape index (κ1) is 17.7. The average molecular weight is 383 g/mol. The maximum Gasteiger partial charge on any atom is 0.321 e. The lowest BCUT2D eigenvalue weighted by atomic mass is 10.2. The first-order chi connectivity index (χ1) is 13.2. The molecule has 7 nitrogen and oxygen atoms in total. The van der Waals surface area contributed by atoms with E-state index in [0.717, 1.165) is 29.9 Å². The Morgan fingerprint density at radius 2 is 2.11 bits per heavy atom. The lowest BCUT2D eigenvalue weighted by molar-refractivity contribution is 0.133. The number of piperazine rings is 1. The summed E-state index contributed by atoms with van der Waals surface area (Å²) in [7, 11) is 0. The molecule has 0 spiro atoms. The van der Waals surface area contributed by atoms with Crippen LogP contribution in [-0.4, -0.2) is 52.2 Å². The molecule has 0 bridgehead atoms. The molecule has 0 saturated carbocycles. The Kier molecular flexibility index (Phi) is 5.17. The van der Waals surface area contributed by atoms with Crippen molar-refractivity contribution in [3.05, 3.63) is 52.5 Å². The van der Waals surface area contributed by atoms with Crippen molar-refractivity contribution in [1.29, 1.82) is 0 Å². The van der Waals surface area contributed by atoms with E-state index in [0.29, 0.717) is 31.3 Å². The van der Waals surface area contributed by atoms with Crippen LogP contribution in [0.4, 0.5) is 10.5 Å². The molecule has 3 heterocycles.